The van der Waals surface area contributed by atoms with Crippen LogP contribution in [0.5, 0.6) is 11.6 Å². The molecule has 2 heterocycles. The molecule has 6 heteroatoms. The maximum atomic E-state index is 5.89. The van der Waals surface area contributed by atoms with Gasteiger partial charge in [0.05, 0.1) is 11.2 Å². The van der Waals surface area contributed by atoms with Crippen molar-refractivity contribution < 1.29 is 4.74 Å². The predicted octanol–water partition coefficient (Wildman–Crippen LogP) is 3.70. The van der Waals surface area contributed by atoms with Gasteiger partial charge in [-0.2, -0.15) is 4.98 Å². The summed E-state index contributed by atoms with van der Waals surface area (Å²) in [7, 11) is 0. The molecule has 0 aliphatic heterocycles. The first-order valence-electron chi connectivity index (χ1n) is 6.61. The first kappa shape index (κ1) is 14.5. The van der Waals surface area contributed by atoms with Crippen molar-refractivity contribution in [3.63, 3.8) is 0 Å². The largest absolute Gasteiger partial charge is 0.437 e. The zero-order chi connectivity index (χ0) is 14.4. The van der Waals surface area contributed by atoms with Gasteiger partial charge in [0.15, 0.2) is 0 Å². The average molecular weight is 293 g/mol. The molecule has 2 rings (SSSR count). The molecule has 5 nitrogen and oxygen atoms in total. The van der Waals surface area contributed by atoms with E-state index in [-0.39, 0.29) is 0 Å². The van der Waals surface area contributed by atoms with Crippen molar-refractivity contribution in [3.05, 3.63) is 35.4 Å². The van der Waals surface area contributed by atoms with Gasteiger partial charge >= 0.3 is 0 Å². The van der Waals surface area contributed by atoms with Gasteiger partial charge in [-0.05, 0) is 13.3 Å². The molecule has 2 aromatic rings. The zero-order valence-electron chi connectivity index (χ0n) is 11.6. The molecule has 106 valence electrons. The molecule has 0 aliphatic rings. The second-order valence-corrected chi connectivity index (χ2v) is 4.67. The first-order valence-corrected chi connectivity index (χ1v) is 6.99. The Balaban J connectivity index is 2.25. The summed E-state index contributed by atoms with van der Waals surface area (Å²) >= 11 is 5.89. The highest BCUT2D eigenvalue weighted by Gasteiger charge is 2.06. The van der Waals surface area contributed by atoms with Crippen LogP contribution in [0.1, 0.15) is 26.1 Å². The van der Waals surface area contributed by atoms with Crippen molar-refractivity contribution in [1.82, 2.24) is 15.0 Å². The Morgan fingerprint density at radius 3 is 2.75 bits per heavy atom. The second-order valence-electron chi connectivity index (χ2n) is 4.23. The fourth-order valence-corrected chi connectivity index (χ4v) is 1.86. The van der Waals surface area contributed by atoms with E-state index in [0.717, 1.165) is 31.0 Å². The molecule has 0 radical (unpaired) electrons. The molecule has 0 saturated heterocycles. The molecule has 0 fully saturated rings. The summed E-state index contributed by atoms with van der Waals surface area (Å²) in [6.45, 7) is 4.90. The van der Waals surface area contributed by atoms with Crippen LogP contribution in [0.2, 0.25) is 5.02 Å². The minimum Gasteiger partial charge on any atom is -0.437 e. The summed E-state index contributed by atoms with van der Waals surface area (Å²) in [5.41, 5.74) is 0. The van der Waals surface area contributed by atoms with Crippen molar-refractivity contribution in [1.29, 1.82) is 0 Å². The molecule has 0 unspecified atom stereocenters. The number of hydrogen-bond acceptors (Lipinski definition) is 5. The first-order chi connectivity index (χ1) is 9.71. The highest BCUT2D eigenvalue weighted by Crippen LogP contribution is 2.23. The number of nitrogens with one attached hydrogen (secondary N) is 1. The van der Waals surface area contributed by atoms with E-state index in [1.165, 1.54) is 0 Å². The van der Waals surface area contributed by atoms with Crippen molar-refractivity contribution in [3.8, 4) is 11.6 Å². The van der Waals surface area contributed by atoms with E-state index in [1.807, 2.05) is 6.92 Å². The normalized spacial score (nSPS) is 10.3. The number of nitrogens with zero attached hydrogens (tertiary/aromatic N) is 3. The summed E-state index contributed by atoms with van der Waals surface area (Å²) in [5, 5.41) is 3.70. The van der Waals surface area contributed by atoms with Gasteiger partial charge in [0.1, 0.15) is 17.4 Å². The Kier molecular flexibility index (Phi) is 5.12. The Hall–Kier alpha value is -1.88. The standard InChI is InChI=1S/C14H17ClN4O/c1-3-5-12-18-13(17-4-2)7-14(19-12)20-11-6-10(15)8-16-9-11/h6-9H,3-5H2,1-2H3,(H,17,18,19). The molecule has 0 saturated carbocycles. The van der Waals surface area contributed by atoms with Crippen LogP contribution in [-0.4, -0.2) is 21.5 Å². The average Bonchev–Trinajstić information content (AvgIpc) is 2.39. The number of hydrogen-bond donors (Lipinski definition) is 1. The second kappa shape index (κ2) is 7.05. The lowest BCUT2D eigenvalue weighted by Crippen LogP contribution is -2.04. The molecular formula is C14H17ClN4O. The minimum atomic E-state index is 0.489. The quantitative estimate of drug-likeness (QED) is 0.879. The number of ether oxygens (including phenoxy) is 1. The SMILES string of the molecule is CCCc1nc(NCC)cc(Oc2cncc(Cl)c2)n1. The number of anilines is 1. The van der Waals surface area contributed by atoms with Crippen molar-refractivity contribution in [2.75, 3.05) is 11.9 Å². The molecule has 0 atom stereocenters. The van der Waals surface area contributed by atoms with Gasteiger partial charge in [-0.15, -0.1) is 0 Å². The Bertz CT molecular complexity index is 553. The fourth-order valence-electron chi connectivity index (χ4n) is 1.70. The van der Waals surface area contributed by atoms with E-state index >= 15 is 0 Å². The number of aromatic nitrogens is 3. The summed E-state index contributed by atoms with van der Waals surface area (Å²) in [5.74, 6) is 2.57. The van der Waals surface area contributed by atoms with Crippen LogP contribution in [0, 0.1) is 0 Å². The minimum absolute atomic E-state index is 0.489. The van der Waals surface area contributed by atoms with Crippen molar-refractivity contribution >= 4 is 17.4 Å². The maximum absolute atomic E-state index is 5.89. The van der Waals surface area contributed by atoms with Gasteiger partial charge < -0.3 is 10.1 Å². The third kappa shape index (κ3) is 4.06. The lowest BCUT2D eigenvalue weighted by Gasteiger charge is -2.09. The molecule has 0 aliphatic carbocycles. The highest BCUT2D eigenvalue weighted by atomic mass is 35.5. The van der Waals surface area contributed by atoms with Crippen LogP contribution in [-0.2, 0) is 6.42 Å². The third-order valence-electron chi connectivity index (χ3n) is 2.48. The lowest BCUT2D eigenvalue weighted by molar-refractivity contribution is 0.456. The van der Waals surface area contributed by atoms with E-state index in [2.05, 4.69) is 27.2 Å². The summed E-state index contributed by atoms with van der Waals surface area (Å²) in [6, 6.07) is 3.46. The van der Waals surface area contributed by atoms with Crippen molar-refractivity contribution in [2.45, 2.75) is 26.7 Å². The van der Waals surface area contributed by atoms with Crippen LogP contribution >= 0.6 is 11.6 Å². The summed E-state index contributed by atoms with van der Waals surface area (Å²) < 4.78 is 5.70. The Morgan fingerprint density at radius 2 is 2.05 bits per heavy atom. The van der Waals surface area contributed by atoms with Gasteiger partial charge in [0, 0.05) is 31.3 Å². The molecule has 0 amide bonds. The Morgan fingerprint density at radius 1 is 1.20 bits per heavy atom. The number of pyridine rings is 1. The van der Waals surface area contributed by atoms with E-state index in [0.29, 0.717) is 16.7 Å². The lowest BCUT2D eigenvalue weighted by atomic mass is 10.3. The number of rotatable bonds is 6. The fraction of sp³-hybridized carbons (Fsp3) is 0.357. The van der Waals surface area contributed by atoms with Gasteiger partial charge in [0.2, 0.25) is 5.88 Å². The molecule has 2 aromatic heterocycles. The van der Waals surface area contributed by atoms with E-state index < -0.39 is 0 Å². The van der Waals surface area contributed by atoms with Crippen LogP contribution in [0.4, 0.5) is 5.82 Å². The van der Waals surface area contributed by atoms with E-state index in [9.17, 15) is 0 Å². The third-order valence-corrected chi connectivity index (χ3v) is 2.69. The van der Waals surface area contributed by atoms with Gasteiger partial charge in [-0.3, -0.25) is 4.98 Å². The predicted molar refractivity (Wildman–Crippen MR) is 79.5 cm³/mol. The topological polar surface area (TPSA) is 59.9 Å². The van der Waals surface area contributed by atoms with Gasteiger partial charge in [-0.25, -0.2) is 4.98 Å². The van der Waals surface area contributed by atoms with Gasteiger partial charge in [-0.1, -0.05) is 18.5 Å². The van der Waals surface area contributed by atoms with Crippen LogP contribution in [0.15, 0.2) is 24.5 Å². The van der Waals surface area contributed by atoms with Gasteiger partial charge in [0.25, 0.3) is 0 Å². The molecule has 0 spiro atoms. The summed E-state index contributed by atoms with van der Waals surface area (Å²) in [4.78, 5) is 12.8. The molecule has 0 aromatic carbocycles. The van der Waals surface area contributed by atoms with Crippen LogP contribution in [0.3, 0.4) is 0 Å². The molecule has 1 N–H and O–H groups in total. The van der Waals surface area contributed by atoms with Crippen LogP contribution in [0.25, 0.3) is 0 Å². The molecule has 0 bridgehead atoms. The molecular weight excluding hydrogens is 276 g/mol. The Labute approximate surface area is 123 Å². The monoisotopic (exact) mass is 292 g/mol. The van der Waals surface area contributed by atoms with E-state index in [1.54, 1.807) is 24.5 Å². The van der Waals surface area contributed by atoms with Crippen molar-refractivity contribution in [2.24, 2.45) is 0 Å². The maximum Gasteiger partial charge on any atom is 0.224 e. The number of halogens is 1. The van der Waals surface area contributed by atoms with Crippen LogP contribution < -0.4 is 10.1 Å². The molecule has 20 heavy (non-hydrogen) atoms. The number of aryl methyl sites for hydroxylation is 1. The highest BCUT2D eigenvalue weighted by molar-refractivity contribution is 6.30. The van der Waals surface area contributed by atoms with E-state index in [4.69, 9.17) is 16.3 Å². The smallest absolute Gasteiger partial charge is 0.224 e. The zero-order valence-corrected chi connectivity index (χ0v) is 12.3. The summed E-state index contributed by atoms with van der Waals surface area (Å²) in [6.07, 6.45) is 4.94.